The van der Waals surface area contributed by atoms with Gasteiger partial charge < -0.3 is 9.88 Å². The smallest absolute Gasteiger partial charge is 0.334 e. The number of nitrogens with zero attached hydrogens (tertiary/aromatic N) is 1. The van der Waals surface area contributed by atoms with Crippen molar-refractivity contribution >= 4 is 33.2 Å². The third-order valence-corrected chi connectivity index (χ3v) is 5.49. The lowest BCUT2D eigenvalue weighted by molar-refractivity contribution is -0.147. The molecule has 1 aromatic carbocycles. The summed E-state index contributed by atoms with van der Waals surface area (Å²) < 4.78 is 104. The first-order valence-corrected chi connectivity index (χ1v) is 9.91. The lowest BCUT2D eigenvalue weighted by Gasteiger charge is -2.16. The van der Waals surface area contributed by atoms with E-state index in [0.717, 1.165) is 0 Å². The van der Waals surface area contributed by atoms with Gasteiger partial charge in [-0.25, -0.2) is 21.6 Å². The topological polar surface area (TPSA) is 80.2 Å². The molecule has 0 saturated heterocycles. The molecule has 1 atom stereocenters. The van der Waals surface area contributed by atoms with Gasteiger partial charge in [0.15, 0.2) is 5.82 Å². The van der Waals surface area contributed by atoms with Gasteiger partial charge in [0.1, 0.15) is 16.6 Å². The Kier molecular flexibility index (Phi) is 7.09. The van der Waals surface area contributed by atoms with Crippen LogP contribution in [0.25, 0.3) is 0 Å². The third kappa shape index (κ3) is 5.67. The Balaban J connectivity index is 2.47. The molecule has 0 spiro atoms. The van der Waals surface area contributed by atoms with Crippen molar-refractivity contribution in [1.82, 2.24) is 9.29 Å². The fraction of sp³-hybridized carbons (Fsp3) is 0.312. The van der Waals surface area contributed by atoms with Crippen LogP contribution in [0.2, 0.25) is 5.02 Å². The molecule has 1 heterocycles. The van der Waals surface area contributed by atoms with Crippen LogP contribution in [0.15, 0.2) is 35.4 Å². The maximum absolute atomic E-state index is 14.8. The molecule has 0 unspecified atom stereocenters. The molecule has 0 saturated carbocycles. The second kappa shape index (κ2) is 8.86. The van der Waals surface area contributed by atoms with E-state index in [2.05, 4.69) is 5.32 Å². The van der Waals surface area contributed by atoms with E-state index < -0.39 is 57.5 Å². The zero-order chi connectivity index (χ0) is 22.9. The lowest BCUT2D eigenvalue weighted by Crippen LogP contribution is -2.43. The van der Waals surface area contributed by atoms with Crippen molar-refractivity contribution in [3.63, 3.8) is 0 Å². The molecule has 2 rings (SSSR count). The Hall–Kier alpha value is -2.25. The molecule has 0 fully saturated rings. The summed E-state index contributed by atoms with van der Waals surface area (Å²) in [4.78, 5) is 11.0. The van der Waals surface area contributed by atoms with Gasteiger partial charge >= 0.3 is 6.18 Å². The number of nitrogens with one attached hydrogen (secondary N) is 2. The summed E-state index contributed by atoms with van der Waals surface area (Å²) in [7, 11) is -5.14. The number of rotatable bonds is 7. The predicted octanol–water partition coefficient (Wildman–Crippen LogP) is 4.03. The quantitative estimate of drug-likeness (QED) is 0.591. The number of aromatic nitrogens is 1. The van der Waals surface area contributed by atoms with Gasteiger partial charge in [0.25, 0.3) is 12.3 Å². The van der Waals surface area contributed by atoms with E-state index in [0.29, 0.717) is 17.7 Å². The van der Waals surface area contributed by atoms with Crippen LogP contribution in [0, 0.1) is 5.82 Å². The molecule has 166 valence electrons. The van der Waals surface area contributed by atoms with Crippen LogP contribution < -0.4 is 10.0 Å². The van der Waals surface area contributed by atoms with Crippen LogP contribution in [0.3, 0.4) is 0 Å². The summed E-state index contributed by atoms with van der Waals surface area (Å²) in [5, 5.41) is 2.34. The molecule has 14 heteroatoms. The Morgan fingerprint density at radius 3 is 2.43 bits per heavy atom. The number of alkyl halides is 5. The van der Waals surface area contributed by atoms with Crippen LogP contribution in [-0.4, -0.2) is 37.5 Å². The van der Waals surface area contributed by atoms with E-state index in [4.69, 9.17) is 11.6 Å². The van der Waals surface area contributed by atoms with Crippen LogP contribution in [-0.2, 0) is 16.6 Å². The van der Waals surface area contributed by atoms with E-state index in [9.17, 15) is 39.6 Å². The maximum atomic E-state index is 14.8. The molecule has 1 amide bonds. The number of halogens is 7. The van der Waals surface area contributed by atoms with E-state index in [1.54, 1.807) is 0 Å². The van der Waals surface area contributed by atoms with E-state index in [1.165, 1.54) is 29.0 Å². The zero-order valence-corrected chi connectivity index (χ0v) is 16.5. The van der Waals surface area contributed by atoms with Gasteiger partial charge in [0, 0.05) is 16.9 Å². The van der Waals surface area contributed by atoms with E-state index in [1.807, 2.05) is 0 Å². The van der Waals surface area contributed by atoms with Gasteiger partial charge in [-0.15, -0.1) is 0 Å². The average molecular weight is 478 g/mol. The number of carbonyl (C=O) groups excluding carboxylic acids is 1. The van der Waals surface area contributed by atoms with Gasteiger partial charge in [-0.05, 0) is 25.1 Å². The summed E-state index contributed by atoms with van der Waals surface area (Å²) in [6.07, 6.45) is -7.77. The van der Waals surface area contributed by atoms with Crippen molar-refractivity contribution in [3.8, 4) is 0 Å². The molecular weight excluding hydrogens is 464 g/mol. The van der Waals surface area contributed by atoms with Crippen molar-refractivity contribution in [2.75, 3.05) is 5.32 Å². The van der Waals surface area contributed by atoms with Crippen molar-refractivity contribution in [2.45, 2.75) is 37.0 Å². The molecule has 0 aliphatic heterocycles. The standard InChI is InChI=1S/C16H14ClF6N3O3S/c1-8(16(21,22)23)25-30(28,29)11-6-26(7-12(18)19)14(13(11)20)15(27)24-10-4-2-3-9(17)5-10/h2-6,8,12,25H,7H2,1H3,(H,24,27)/t8-/m1/s1. The summed E-state index contributed by atoms with van der Waals surface area (Å²) in [6.45, 7) is -0.808. The molecule has 0 aliphatic carbocycles. The first-order valence-electron chi connectivity index (χ1n) is 8.05. The Bertz CT molecular complexity index is 1040. The fourth-order valence-corrected chi connectivity index (χ4v) is 3.85. The van der Waals surface area contributed by atoms with E-state index >= 15 is 0 Å². The number of anilines is 1. The minimum atomic E-state index is -5.14. The summed E-state index contributed by atoms with van der Waals surface area (Å²) >= 11 is 5.75. The number of carbonyl (C=O) groups is 1. The van der Waals surface area contributed by atoms with Gasteiger partial charge in [0.05, 0.1) is 6.54 Å². The van der Waals surface area contributed by atoms with Crippen LogP contribution in [0.1, 0.15) is 17.4 Å². The summed E-state index contributed by atoms with van der Waals surface area (Å²) in [5.41, 5.74) is -1.06. The second-order valence-corrected chi connectivity index (χ2v) is 8.17. The number of sulfonamides is 1. The van der Waals surface area contributed by atoms with Crippen LogP contribution in [0.5, 0.6) is 0 Å². The minimum Gasteiger partial charge on any atom is -0.334 e. The molecule has 0 radical (unpaired) electrons. The molecule has 2 N–H and O–H groups in total. The predicted molar refractivity (Wildman–Crippen MR) is 95.6 cm³/mol. The van der Waals surface area contributed by atoms with E-state index in [-0.39, 0.29) is 10.7 Å². The van der Waals surface area contributed by atoms with Crippen LogP contribution >= 0.6 is 11.6 Å². The third-order valence-electron chi connectivity index (χ3n) is 3.73. The van der Waals surface area contributed by atoms with Gasteiger partial charge in [-0.2, -0.15) is 17.9 Å². The molecular formula is C16H14ClF6N3O3S. The first kappa shape index (κ1) is 24.0. The highest BCUT2D eigenvalue weighted by Crippen LogP contribution is 2.26. The molecule has 0 aliphatic rings. The van der Waals surface area contributed by atoms with Gasteiger partial charge in [-0.1, -0.05) is 17.7 Å². The Labute approximate surface area is 171 Å². The van der Waals surface area contributed by atoms with Gasteiger partial charge in [0.2, 0.25) is 10.0 Å². The highest BCUT2D eigenvalue weighted by molar-refractivity contribution is 7.89. The first-order chi connectivity index (χ1) is 13.7. The number of hydrogen-bond donors (Lipinski definition) is 2. The summed E-state index contributed by atoms with van der Waals surface area (Å²) in [6, 6.07) is 2.87. The van der Waals surface area contributed by atoms with Crippen molar-refractivity contribution in [2.24, 2.45) is 0 Å². The summed E-state index contributed by atoms with van der Waals surface area (Å²) in [5.74, 6) is -3.09. The maximum Gasteiger partial charge on any atom is 0.404 e. The van der Waals surface area contributed by atoms with Gasteiger partial charge in [-0.3, -0.25) is 4.79 Å². The van der Waals surface area contributed by atoms with Crippen molar-refractivity contribution < 1.29 is 39.6 Å². The number of hydrogen-bond acceptors (Lipinski definition) is 3. The largest absolute Gasteiger partial charge is 0.404 e. The Morgan fingerprint density at radius 1 is 1.27 bits per heavy atom. The average Bonchev–Trinajstić information content (AvgIpc) is 2.90. The SMILES string of the molecule is C[C@@H](NS(=O)(=O)c1cn(CC(F)F)c(C(=O)Nc2cccc(Cl)c2)c1F)C(F)(F)F. The number of benzene rings is 1. The fourth-order valence-electron chi connectivity index (χ4n) is 2.34. The molecule has 2 aromatic rings. The molecule has 30 heavy (non-hydrogen) atoms. The normalized spacial score (nSPS) is 13.5. The second-order valence-electron chi connectivity index (χ2n) is 6.05. The Morgan fingerprint density at radius 2 is 1.90 bits per heavy atom. The molecule has 6 nitrogen and oxygen atoms in total. The number of amides is 1. The molecule has 0 bridgehead atoms. The van der Waals surface area contributed by atoms with Crippen molar-refractivity contribution in [3.05, 3.63) is 47.0 Å². The monoisotopic (exact) mass is 477 g/mol. The highest BCUT2D eigenvalue weighted by atomic mass is 35.5. The zero-order valence-electron chi connectivity index (χ0n) is 15.0. The van der Waals surface area contributed by atoms with Crippen molar-refractivity contribution in [1.29, 1.82) is 0 Å². The molecule has 1 aromatic heterocycles. The highest BCUT2D eigenvalue weighted by Gasteiger charge is 2.40. The lowest BCUT2D eigenvalue weighted by atomic mass is 10.3. The van der Waals surface area contributed by atoms with Crippen LogP contribution in [0.4, 0.5) is 32.0 Å². The minimum absolute atomic E-state index is 0.0462.